The number of aromatic nitrogens is 1. The number of nitrogens with two attached hydrogens (primary N) is 1. The van der Waals surface area contributed by atoms with Gasteiger partial charge in [0.25, 0.3) is 5.56 Å². The predicted molar refractivity (Wildman–Crippen MR) is 115 cm³/mol. The highest BCUT2D eigenvalue weighted by Crippen LogP contribution is 2.51. The molecule has 0 bridgehead atoms. The number of methoxy groups -OCH3 is 2. The number of fused-ring (bicyclic) bond motifs is 6. The molecule has 0 amide bonds. The Hall–Kier alpha value is -3.45. The first-order chi connectivity index (χ1) is 14.6. The predicted octanol–water partition coefficient (Wildman–Crippen LogP) is 3.05. The molecule has 0 radical (unpaired) electrons. The molecule has 2 aliphatic rings. The molecule has 0 fully saturated rings. The summed E-state index contributed by atoms with van der Waals surface area (Å²) in [6.07, 6.45) is 2.83. The zero-order valence-corrected chi connectivity index (χ0v) is 17.1. The normalized spacial score (nSPS) is 14.9. The molecule has 2 N–H and O–H groups in total. The van der Waals surface area contributed by atoms with Crippen LogP contribution < -0.4 is 30.2 Å². The van der Waals surface area contributed by atoms with E-state index in [1.54, 1.807) is 31.9 Å². The summed E-state index contributed by atoms with van der Waals surface area (Å²) in [5.41, 5.74) is 10.5. The van der Waals surface area contributed by atoms with Gasteiger partial charge in [0, 0.05) is 23.6 Å². The van der Waals surface area contributed by atoms with Gasteiger partial charge in [-0.3, -0.25) is 4.79 Å². The van der Waals surface area contributed by atoms with Crippen molar-refractivity contribution in [2.45, 2.75) is 6.42 Å². The molecule has 0 spiro atoms. The number of hydrogen-bond acceptors (Lipinski definition) is 6. The highest BCUT2D eigenvalue weighted by atomic mass is 16.7. The average Bonchev–Trinajstić information content (AvgIpc) is 3.35. The standard InChI is InChI=1S/C23H22N2O5/c1-25-22-15-9-20-19(29-11-30-20)7-13(15)12(5-4-6-24)21(22)14-8-17(27-2)18(28-3)10-16(14)23(25)26/h5,7-10H,4,6,11,24H2,1-3H3/b12-5+. The van der Waals surface area contributed by atoms with Gasteiger partial charge in [0.15, 0.2) is 23.0 Å². The molecule has 3 aromatic rings. The minimum Gasteiger partial charge on any atom is -0.493 e. The first-order valence-electron chi connectivity index (χ1n) is 9.72. The molecule has 0 saturated heterocycles. The lowest BCUT2D eigenvalue weighted by Crippen LogP contribution is -2.19. The lowest BCUT2D eigenvalue weighted by atomic mass is 9.98. The Morgan fingerprint density at radius 1 is 1.03 bits per heavy atom. The number of rotatable bonds is 4. The van der Waals surface area contributed by atoms with Crippen LogP contribution in [0.5, 0.6) is 23.0 Å². The van der Waals surface area contributed by atoms with E-state index >= 15 is 0 Å². The topological polar surface area (TPSA) is 84.9 Å². The van der Waals surface area contributed by atoms with Crippen LogP contribution in [0.3, 0.4) is 0 Å². The lowest BCUT2D eigenvalue weighted by molar-refractivity contribution is 0.174. The third kappa shape index (κ3) is 2.45. The van der Waals surface area contributed by atoms with Crippen LogP contribution in [0.25, 0.3) is 27.6 Å². The first kappa shape index (κ1) is 18.6. The highest BCUT2D eigenvalue weighted by Gasteiger charge is 2.32. The number of benzene rings is 2. The molecular formula is C23H22N2O5. The zero-order valence-electron chi connectivity index (χ0n) is 17.1. The summed E-state index contributed by atoms with van der Waals surface area (Å²) in [6.45, 7) is 0.722. The van der Waals surface area contributed by atoms with Crippen LogP contribution in [0.1, 0.15) is 17.5 Å². The largest absolute Gasteiger partial charge is 0.493 e. The molecule has 0 unspecified atom stereocenters. The monoisotopic (exact) mass is 406 g/mol. The van der Waals surface area contributed by atoms with Crippen LogP contribution in [0.4, 0.5) is 0 Å². The van der Waals surface area contributed by atoms with Crippen molar-refractivity contribution in [2.75, 3.05) is 27.6 Å². The van der Waals surface area contributed by atoms with Crippen molar-refractivity contribution < 1.29 is 18.9 Å². The number of hydrogen-bond donors (Lipinski definition) is 1. The van der Waals surface area contributed by atoms with Gasteiger partial charge in [-0.25, -0.2) is 0 Å². The van der Waals surface area contributed by atoms with Gasteiger partial charge < -0.3 is 29.2 Å². The lowest BCUT2D eigenvalue weighted by Gasteiger charge is -2.15. The fourth-order valence-corrected chi connectivity index (χ4v) is 4.36. The molecule has 154 valence electrons. The van der Waals surface area contributed by atoms with Crippen LogP contribution in [-0.4, -0.2) is 32.1 Å². The van der Waals surface area contributed by atoms with E-state index in [4.69, 9.17) is 24.7 Å². The Morgan fingerprint density at radius 2 is 1.67 bits per heavy atom. The van der Waals surface area contributed by atoms with Gasteiger partial charge in [-0.05, 0) is 48.4 Å². The van der Waals surface area contributed by atoms with E-state index in [1.807, 2.05) is 18.2 Å². The van der Waals surface area contributed by atoms with Gasteiger partial charge in [0.2, 0.25) is 6.79 Å². The summed E-state index contributed by atoms with van der Waals surface area (Å²) in [4.78, 5) is 13.3. The van der Waals surface area contributed by atoms with Gasteiger partial charge in [-0.2, -0.15) is 0 Å². The molecule has 1 aliphatic carbocycles. The van der Waals surface area contributed by atoms with Crippen LogP contribution in [0.15, 0.2) is 35.1 Å². The van der Waals surface area contributed by atoms with Gasteiger partial charge in [0.05, 0.1) is 25.3 Å². The quantitative estimate of drug-likeness (QED) is 0.561. The van der Waals surface area contributed by atoms with E-state index in [9.17, 15) is 4.79 Å². The molecule has 0 atom stereocenters. The summed E-state index contributed by atoms with van der Waals surface area (Å²) >= 11 is 0. The maximum absolute atomic E-state index is 13.3. The van der Waals surface area contributed by atoms with Crippen molar-refractivity contribution >= 4 is 16.3 Å². The van der Waals surface area contributed by atoms with Crippen LogP contribution in [0, 0.1) is 0 Å². The average molecular weight is 406 g/mol. The van der Waals surface area contributed by atoms with Crippen molar-refractivity contribution in [1.29, 1.82) is 0 Å². The molecule has 1 aliphatic heterocycles. The Labute approximate surface area is 173 Å². The second-order valence-electron chi connectivity index (χ2n) is 7.29. The van der Waals surface area contributed by atoms with Gasteiger partial charge in [0.1, 0.15) is 0 Å². The van der Waals surface area contributed by atoms with Crippen molar-refractivity contribution in [1.82, 2.24) is 4.57 Å². The minimum absolute atomic E-state index is 0.103. The molecule has 2 aromatic carbocycles. The third-order valence-electron chi connectivity index (χ3n) is 5.74. The fraction of sp³-hybridized carbons (Fsp3) is 0.261. The molecule has 2 heterocycles. The maximum Gasteiger partial charge on any atom is 0.258 e. The number of pyridine rings is 1. The Kier molecular flexibility index (Phi) is 4.22. The Balaban J connectivity index is 1.92. The van der Waals surface area contributed by atoms with E-state index in [2.05, 4.69) is 6.08 Å². The van der Waals surface area contributed by atoms with Crippen molar-refractivity contribution in [3.05, 3.63) is 51.8 Å². The van der Waals surface area contributed by atoms with Crippen molar-refractivity contribution in [3.63, 3.8) is 0 Å². The molecule has 5 rings (SSSR count). The molecule has 0 saturated carbocycles. The van der Waals surface area contributed by atoms with Gasteiger partial charge in [-0.1, -0.05) is 6.08 Å². The van der Waals surface area contributed by atoms with Crippen LogP contribution >= 0.6 is 0 Å². The number of nitrogens with zero attached hydrogens (tertiary/aromatic N) is 1. The molecule has 7 heteroatoms. The third-order valence-corrected chi connectivity index (χ3v) is 5.74. The maximum atomic E-state index is 13.3. The SMILES string of the molecule is COc1cc2c3c(n(C)c(=O)c2cc1OC)-c1cc2c(cc1/C3=C\CCN)OCO2. The summed E-state index contributed by atoms with van der Waals surface area (Å²) < 4.78 is 23.8. The summed E-state index contributed by atoms with van der Waals surface area (Å²) in [5.74, 6) is 2.47. The van der Waals surface area contributed by atoms with Crippen molar-refractivity contribution in [2.24, 2.45) is 12.8 Å². The van der Waals surface area contributed by atoms with Crippen molar-refractivity contribution in [3.8, 4) is 34.3 Å². The second-order valence-corrected chi connectivity index (χ2v) is 7.29. The van der Waals surface area contributed by atoms with E-state index < -0.39 is 0 Å². The highest BCUT2D eigenvalue weighted by molar-refractivity contribution is 6.10. The Bertz CT molecular complexity index is 1290. The van der Waals surface area contributed by atoms with E-state index in [0.717, 1.165) is 33.3 Å². The fourth-order valence-electron chi connectivity index (χ4n) is 4.36. The van der Waals surface area contributed by atoms with Crippen LogP contribution in [-0.2, 0) is 7.05 Å². The van der Waals surface area contributed by atoms with Crippen LogP contribution in [0.2, 0.25) is 0 Å². The van der Waals surface area contributed by atoms with Gasteiger partial charge in [-0.15, -0.1) is 0 Å². The second kappa shape index (κ2) is 6.81. The number of ether oxygens (including phenoxy) is 4. The zero-order chi connectivity index (χ0) is 21.0. The summed E-state index contributed by atoms with van der Waals surface area (Å²) in [7, 11) is 4.94. The summed E-state index contributed by atoms with van der Waals surface area (Å²) in [5, 5.41) is 1.38. The molecule has 7 nitrogen and oxygen atoms in total. The summed E-state index contributed by atoms with van der Waals surface area (Å²) in [6, 6.07) is 7.55. The molecule has 1 aromatic heterocycles. The van der Waals surface area contributed by atoms with E-state index in [1.165, 1.54) is 0 Å². The van der Waals surface area contributed by atoms with E-state index in [0.29, 0.717) is 41.3 Å². The minimum atomic E-state index is -0.103. The Morgan fingerprint density at radius 3 is 2.30 bits per heavy atom. The van der Waals surface area contributed by atoms with Gasteiger partial charge >= 0.3 is 0 Å². The molecule has 30 heavy (non-hydrogen) atoms. The first-order valence-corrected chi connectivity index (χ1v) is 9.72. The van der Waals surface area contributed by atoms with E-state index in [-0.39, 0.29) is 12.4 Å². The molecular weight excluding hydrogens is 384 g/mol. The smallest absolute Gasteiger partial charge is 0.258 e.